The van der Waals surface area contributed by atoms with Crippen LogP contribution in [0, 0.1) is 6.92 Å². The minimum absolute atomic E-state index is 0.0593. The van der Waals surface area contributed by atoms with E-state index in [2.05, 4.69) is 40.2 Å². The van der Waals surface area contributed by atoms with E-state index in [1.807, 2.05) is 0 Å². The van der Waals surface area contributed by atoms with E-state index in [9.17, 15) is 13.2 Å². The Morgan fingerprint density at radius 1 is 1.05 bits per heavy atom. The topological polar surface area (TPSA) is 85.9 Å². The van der Waals surface area contributed by atoms with E-state index < -0.39 is 10.0 Å². The molecule has 2 aliphatic rings. The highest BCUT2D eigenvalue weighted by molar-refractivity contribution is 7.89. The molecule has 0 atom stereocenters. The molecule has 0 radical (unpaired) electrons. The SMILES string of the molecule is Cc1ccc2nc(N3CCN(CCNC(=O)c4ccc(S(=O)(=O)N(C)C5CCCCC5)cc4)CC3)sc2c1. The number of aryl methyl sites for hydroxylation is 1. The number of carbonyl (C=O) groups is 1. The van der Waals surface area contributed by atoms with Crippen LogP contribution in [0.25, 0.3) is 10.2 Å². The molecule has 3 aromatic rings. The van der Waals surface area contributed by atoms with Gasteiger partial charge in [-0.05, 0) is 61.7 Å². The predicted molar refractivity (Wildman–Crippen MR) is 154 cm³/mol. The molecule has 1 aliphatic heterocycles. The lowest BCUT2D eigenvalue weighted by atomic mass is 9.96. The fourth-order valence-electron chi connectivity index (χ4n) is 5.33. The molecule has 10 heteroatoms. The number of sulfonamides is 1. The van der Waals surface area contributed by atoms with Gasteiger partial charge in [-0.25, -0.2) is 13.4 Å². The quantitative estimate of drug-likeness (QED) is 0.450. The lowest BCUT2D eigenvalue weighted by Gasteiger charge is -2.34. The van der Waals surface area contributed by atoms with Crippen LogP contribution in [0.3, 0.4) is 0 Å². The first kappa shape index (κ1) is 27.1. The van der Waals surface area contributed by atoms with Crippen LogP contribution in [0.4, 0.5) is 5.13 Å². The van der Waals surface area contributed by atoms with Crippen LogP contribution < -0.4 is 10.2 Å². The molecule has 1 saturated carbocycles. The molecule has 1 aromatic heterocycles. The molecular formula is C28H37N5O3S2. The number of carbonyl (C=O) groups excluding carboxylic acids is 1. The summed E-state index contributed by atoms with van der Waals surface area (Å²) in [4.78, 5) is 22.4. The molecule has 1 N–H and O–H groups in total. The van der Waals surface area contributed by atoms with Gasteiger partial charge in [-0.2, -0.15) is 4.31 Å². The van der Waals surface area contributed by atoms with Crippen LogP contribution in [0.15, 0.2) is 47.4 Å². The summed E-state index contributed by atoms with van der Waals surface area (Å²) < 4.78 is 28.8. The summed E-state index contributed by atoms with van der Waals surface area (Å²) in [5.74, 6) is -0.182. The number of anilines is 1. The molecule has 2 fully saturated rings. The molecule has 0 unspecified atom stereocenters. The fourth-order valence-corrected chi connectivity index (χ4v) is 7.86. The van der Waals surface area contributed by atoms with E-state index in [1.54, 1.807) is 42.6 Å². The number of nitrogens with zero attached hydrogens (tertiary/aromatic N) is 4. The van der Waals surface area contributed by atoms with Gasteiger partial charge in [0.15, 0.2) is 5.13 Å². The van der Waals surface area contributed by atoms with Gasteiger partial charge in [0.2, 0.25) is 10.0 Å². The second-order valence-electron chi connectivity index (χ2n) is 10.4. The van der Waals surface area contributed by atoms with Crippen molar-refractivity contribution in [3.05, 3.63) is 53.6 Å². The van der Waals surface area contributed by atoms with E-state index in [1.165, 1.54) is 21.0 Å². The number of fused-ring (bicyclic) bond motifs is 1. The summed E-state index contributed by atoms with van der Waals surface area (Å²) in [5, 5.41) is 4.06. The van der Waals surface area contributed by atoms with Crippen molar-refractivity contribution < 1.29 is 13.2 Å². The third-order valence-electron chi connectivity index (χ3n) is 7.77. The Bertz CT molecular complexity index is 1360. The summed E-state index contributed by atoms with van der Waals surface area (Å²) in [6.45, 7) is 7.10. The Hall–Kier alpha value is -2.53. The Kier molecular flexibility index (Phi) is 8.32. The summed E-state index contributed by atoms with van der Waals surface area (Å²) in [5.41, 5.74) is 2.78. The number of nitrogens with one attached hydrogen (secondary N) is 1. The molecule has 38 heavy (non-hydrogen) atoms. The first-order valence-electron chi connectivity index (χ1n) is 13.5. The van der Waals surface area contributed by atoms with Gasteiger partial charge in [0.05, 0.1) is 15.1 Å². The van der Waals surface area contributed by atoms with Crippen LogP contribution in [0.1, 0.15) is 48.0 Å². The van der Waals surface area contributed by atoms with Crippen LogP contribution in [-0.2, 0) is 10.0 Å². The Morgan fingerprint density at radius 3 is 2.47 bits per heavy atom. The zero-order chi connectivity index (χ0) is 26.7. The molecule has 1 saturated heterocycles. The van der Waals surface area contributed by atoms with Gasteiger partial charge in [0.1, 0.15) is 0 Å². The number of piperazine rings is 1. The molecule has 0 bridgehead atoms. The van der Waals surface area contributed by atoms with Gasteiger partial charge in [-0.3, -0.25) is 9.69 Å². The number of benzene rings is 2. The normalized spacial score (nSPS) is 17.8. The number of hydrogen-bond donors (Lipinski definition) is 1. The highest BCUT2D eigenvalue weighted by atomic mass is 32.2. The van der Waals surface area contributed by atoms with Gasteiger partial charge >= 0.3 is 0 Å². The summed E-state index contributed by atoms with van der Waals surface area (Å²) in [6.07, 6.45) is 5.14. The van der Waals surface area contributed by atoms with Crippen LogP contribution >= 0.6 is 11.3 Å². The monoisotopic (exact) mass is 555 g/mol. The third-order valence-corrected chi connectivity index (χ3v) is 10.8. The molecule has 0 spiro atoms. The number of thiazole rings is 1. The standard InChI is InChI=1S/C28H37N5O3S2/c1-21-8-13-25-26(20-21)37-28(30-25)33-18-16-32(17-19-33)15-14-29-27(34)22-9-11-24(12-10-22)38(35,36)31(2)23-6-4-3-5-7-23/h8-13,20,23H,3-7,14-19H2,1-2H3,(H,29,34). The molecule has 1 aliphatic carbocycles. The lowest BCUT2D eigenvalue weighted by Crippen LogP contribution is -2.48. The first-order chi connectivity index (χ1) is 18.3. The smallest absolute Gasteiger partial charge is 0.251 e. The summed E-state index contributed by atoms with van der Waals surface area (Å²) in [7, 11) is -1.89. The van der Waals surface area contributed by atoms with Gasteiger partial charge in [-0.1, -0.05) is 36.7 Å². The Balaban J connectivity index is 1.08. The highest BCUT2D eigenvalue weighted by Crippen LogP contribution is 2.30. The van der Waals surface area contributed by atoms with Gasteiger partial charge in [0.25, 0.3) is 5.91 Å². The Morgan fingerprint density at radius 2 is 1.76 bits per heavy atom. The fraction of sp³-hybridized carbons (Fsp3) is 0.500. The zero-order valence-electron chi connectivity index (χ0n) is 22.2. The van der Waals surface area contributed by atoms with E-state index >= 15 is 0 Å². The molecule has 1 amide bonds. The number of aromatic nitrogens is 1. The minimum Gasteiger partial charge on any atom is -0.351 e. The van der Waals surface area contributed by atoms with Crippen LogP contribution in [0.5, 0.6) is 0 Å². The molecule has 5 rings (SSSR count). The van der Waals surface area contributed by atoms with Crippen molar-refractivity contribution in [3.63, 3.8) is 0 Å². The second-order valence-corrected chi connectivity index (χ2v) is 13.4. The maximum atomic E-state index is 13.0. The van der Waals surface area contributed by atoms with E-state index in [4.69, 9.17) is 4.98 Å². The Labute approximate surface area is 229 Å². The van der Waals surface area contributed by atoms with Crippen molar-refractivity contribution in [2.45, 2.75) is 50.0 Å². The van der Waals surface area contributed by atoms with Gasteiger partial charge < -0.3 is 10.2 Å². The van der Waals surface area contributed by atoms with Gasteiger partial charge in [-0.15, -0.1) is 0 Å². The largest absolute Gasteiger partial charge is 0.351 e. The number of amides is 1. The van der Waals surface area contributed by atoms with Crippen molar-refractivity contribution in [1.82, 2.24) is 19.5 Å². The average Bonchev–Trinajstić information content (AvgIpc) is 3.36. The number of rotatable bonds is 8. The van der Waals surface area contributed by atoms with Crippen molar-refractivity contribution in [1.29, 1.82) is 0 Å². The number of hydrogen-bond acceptors (Lipinski definition) is 7. The van der Waals surface area contributed by atoms with Crippen LogP contribution in [0.2, 0.25) is 0 Å². The van der Waals surface area contributed by atoms with Crippen molar-refractivity contribution in [2.24, 2.45) is 0 Å². The molecule has 2 aromatic carbocycles. The summed E-state index contributed by atoms with van der Waals surface area (Å²) in [6, 6.07) is 12.8. The van der Waals surface area contributed by atoms with E-state index in [0.29, 0.717) is 12.1 Å². The van der Waals surface area contributed by atoms with E-state index in [-0.39, 0.29) is 16.8 Å². The predicted octanol–water partition coefficient (Wildman–Crippen LogP) is 4.11. The average molecular weight is 556 g/mol. The van der Waals surface area contributed by atoms with E-state index in [0.717, 1.165) is 69.1 Å². The zero-order valence-corrected chi connectivity index (χ0v) is 23.9. The second kappa shape index (κ2) is 11.7. The van der Waals surface area contributed by atoms with Crippen LogP contribution in [-0.4, -0.2) is 80.9 Å². The van der Waals surface area contributed by atoms with Gasteiger partial charge in [0, 0.05) is 57.9 Å². The maximum Gasteiger partial charge on any atom is 0.251 e. The third kappa shape index (κ3) is 6.03. The molecular weight excluding hydrogens is 518 g/mol. The lowest BCUT2D eigenvalue weighted by molar-refractivity contribution is 0.0947. The first-order valence-corrected chi connectivity index (χ1v) is 15.8. The van der Waals surface area contributed by atoms with Crippen molar-refractivity contribution >= 4 is 42.6 Å². The summed E-state index contributed by atoms with van der Waals surface area (Å²) >= 11 is 1.75. The molecule has 2 heterocycles. The highest BCUT2D eigenvalue weighted by Gasteiger charge is 2.29. The minimum atomic E-state index is -3.56. The molecule has 204 valence electrons. The maximum absolute atomic E-state index is 13.0. The van der Waals surface area contributed by atoms with Crippen molar-refractivity contribution in [2.75, 3.05) is 51.2 Å². The van der Waals surface area contributed by atoms with Crippen molar-refractivity contribution in [3.8, 4) is 0 Å². The molecule has 8 nitrogen and oxygen atoms in total.